The molecule has 2 aromatic carbocycles. The first kappa shape index (κ1) is 20.1. The van der Waals surface area contributed by atoms with Gasteiger partial charge < -0.3 is 15.7 Å². The minimum Gasteiger partial charge on any atom is -0.341 e. The number of para-hydroxylation sites is 1. The summed E-state index contributed by atoms with van der Waals surface area (Å²) in [5.41, 5.74) is 3.72. The molecule has 0 fully saturated rings. The molecule has 9 heteroatoms. The van der Waals surface area contributed by atoms with Gasteiger partial charge in [0.1, 0.15) is 5.69 Å². The van der Waals surface area contributed by atoms with E-state index in [9.17, 15) is 4.79 Å². The number of nitrogens with one attached hydrogen (secondary N) is 1. The molecule has 0 saturated heterocycles. The number of carbonyl (C=O) groups excluding carboxylic acids is 1. The van der Waals surface area contributed by atoms with Crippen LogP contribution < -0.4 is 11.2 Å². The van der Waals surface area contributed by atoms with Crippen molar-refractivity contribution in [3.8, 4) is 11.5 Å². The zero-order chi connectivity index (χ0) is 22.1. The monoisotopic (exact) mass is 443 g/mol. The van der Waals surface area contributed by atoms with E-state index in [2.05, 4.69) is 50.2 Å². The van der Waals surface area contributed by atoms with Gasteiger partial charge >= 0.3 is 0 Å². The smallest absolute Gasteiger partial charge is 0.234 e. The highest BCUT2D eigenvalue weighted by atomic mass is 32.2. The fraction of sp³-hybridized carbons (Fsp3) is 0.130. The van der Waals surface area contributed by atoms with E-state index in [1.165, 1.54) is 27.3 Å². The van der Waals surface area contributed by atoms with Crippen molar-refractivity contribution in [1.82, 2.24) is 24.4 Å². The first-order valence-electron chi connectivity index (χ1n) is 10.2. The Kier molecular flexibility index (Phi) is 5.24. The third kappa shape index (κ3) is 3.56. The maximum Gasteiger partial charge on any atom is 0.234 e. The predicted octanol–water partition coefficient (Wildman–Crippen LogP) is 3.91. The number of benzene rings is 2. The Hall–Kier alpha value is -3.85. The molecule has 3 heterocycles. The van der Waals surface area contributed by atoms with Gasteiger partial charge in [-0.1, -0.05) is 36.0 Å². The number of amides is 1. The number of thioether (sulfide) groups is 1. The van der Waals surface area contributed by atoms with Crippen LogP contribution in [0.1, 0.15) is 6.92 Å². The highest BCUT2D eigenvalue weighted by molar-refractivity contribution is 7.99. The van der Waals surface area contributed by atoms with Gasteiger partial charge in [-0.25, -0.2) is 4.68 Å². The van der Waals surface area contributed by atoms with Gasteiger partial charge in [-0.2, -0.15) is 0 Å². The predicted molar refractivity (Wildman–Crippen MR) is 128 cm³/mol. The number of fused-ring (bicyclic) bond motifs is 3. The van der Waals surface area contributed by atoms with Gasteiger partial charge in [-0.15, -0.1) is 10.2 Å². The van der Waals surface area contributed by atoms with E-state index in [0.717, 1.165) is 23.1 Å². The summed E-state index contributed by atoms with van der Waals surface area (Å²) in [5, 5.41) is 13.9. The van der Waals surface area contributed by atoms with E-state index in [1.54, 1.807) is 12.3 Å². The highest BCUT2D eigenvalue weighted by Crippen LogP contribution is 2.31. The average molecular weight is 444 g/mol. The molecule has 0 spiro atoms. The van der Waals surface area contributed by atoms with Crippen LogP contribution in [0.3, 0.4) is 0 Å². The Morgan fingerprint density at radius 1 is 1.03 bits per heavy atom. The van der Waals surface area contributed by atoms with Gasteiger partial charge in [-0.05, 0) is 43.3 Å². The molecule has 0 saturated carbocycles. The summed E-state index contributed by atoms with van der Waals surface area (Å²) in [4.78, 5) is 16.8. The summed E-state index contributed by atoms with van der Waals surface area (Å²) < 4.78 is 3.63. The normalized spacial score (nSPS) is 11.3. The quantitative estimate of drug-likeness (QED) is 0.305. The molecule has 0 aliphatic heterocycles. The van der Waals surface area contributed by atoms with Crippen molar-refractivity contribution >= 4 is 45.2 Å². The average Bonchev–Trinajstić information content (AvgIpc) is 3.35. The second kappa shape index (κ2) is 8.35. The molecule has 0 atom stereocenters. The van der Waals surface area contributed by atoms with Crippen molar-refractivity contribution in [2.75, 3.05) is 16.9 Å². The van der Waals surface area contributed by atoms with Crippen LogP contribution in [0.2, 0.25) is 0 Å². The van der Waals surface area contributed by atoms with E-state index in [1.807, 2.05) is 36.4 Å². The summed E-state index contributed by atoms with van der Waals surface area (Å²) in [7, 11) is 0. The molecular weight excluding hydrogens is 422 g/mol. The van der Waals surface area contributed by atoms with Crippen LogP contribution >= 0.6 is 11.8 Å². The number of hydrogen-bond donors (Lipinski definition) is 2. The number of aryl methyl sites for hydroxylation is 1. The second-order valence-corrected chi connectivity index (χ2v) is 8.16. The molecule has 32 heavy (non-hydrogen) atoms. The molecule has 8 nitrogen and oxygen atoms in total. The van der Waals surface area contributed by atoms with Crippen molar-refractivity contribution in [2.24, 2.45) is 0 Å². The molecule has 160 valence electrons. The van der Waals surface area contributed by atoms with Gasteiger partial charge in [0, 0.05) is 40.2 Å². The number of anilines is 1. The summed E-state index contributed by atoms with van der Waals surface area (Å²) in [6, 6.07) is 19.8. The Bertz CT molecular complexity index is 1420. The molecule has 5 rings (SSSR count). The number of hydrogen-bond acceptors (Lipinski definition) is 6. The Morgan fingerprint density at radius 2 is 1.84 bits per heavy atom. The van der Waals surface area contributed by atoms with Gasteiger partial charge in [0.2, 0.25) is 16.9 Å². The van der Waals surface area contributed by atoms with Crippen LogP contribution in [0.15, 0.2) is 72.0 Å². The summed E-state index contributed by atoms with van der Waals surface area (Å²) in [6.07, 6.45) is 1.67. The number of nitrogen functional groups attached to an aromatic ring is 1. The van der Waals surface area contributed by atoms with Crippen LogP contribution in [0.4, 0.5) is 5.69 Å². The van der Waals surface area contributed by atoms with Crippen LogP contribution in [0.5, 0.6) is 0 Å². The summed E-state index contributed by atoms with van der Waals surface area (Å²) in [6.45, 7) is 3.01. The first-order chi connectivity index (χ1) is 15.7. The van der Waals surface area contributed by atoms with Gasteiger partial charge in [0.05, 0.1) is 5.75 Å². The standard InChI is InChI=1S/C23H21N7OS/c1-2-29-19-9-4-3-7-16(19)17-13-15(10-11-20(17)29)26-21(31)14-32-23-28-27-22(30(23)24)18-8-5-6-12-25-18/h3-13H,2,14,24H2,1H3,(H,26,31). The molecule has 3 N–H and O–H groups in total. The Labute approximate surface area is 188 Å². The van der Waals surface area contributed by atoms with Crippen LogP contribution in [-0.2, 0) is 11.3 Å². The van der Waals surface area contributed by atoms with E-state index in [4.69, 9.17) is 5.84 Å². The van der Waals surface area contributed by atoms with Crippen molar-refractivity contribution in [3.05, 3.63) is 66.9 Å². The van der Waals surface area contributed by atoms with Crippen molar-refractivity contribution in [2.45, 2.75) is 18.6 Å². The summed E-state index contributed by atoms with van der Waals surface area (Å²) in [5.74, 6) is 6.57. The van der Waals surface area contributed by atoms with Crippen molar-refractivity contribution in [3.63, 3.8) is 0 Å². The van der Waals surface area contributed by atoms with E-state index in [-0.39, 0.29) is 11.7 Å². The van der Waals surface area contributed by atoms with Crippen molar-refractivity contribution in [1.29, 1.82) is 0 Å². The molecule has 0 aliphatic carbocycles. The second-order valence-electron chi connectivity index (χ2n) is 7.22. The molecule has 5 aromatic rings. The topological polar surface area (TPSA) is 104 Å². The molecule has 3 aromatic heterocycles. The SMILES string of the molecule is CCn1c2ccccc2c2cc(NC(=O)CSc3nnc(-c4ccccn4)n3N)ccc21. The van der Waals surface area contributed by atoms with Crippen molar-refractivity contribution < 1.29 is 4.79 Å². The number of nitrogens with zero attached hydrogens (tertiary/aromatic N) is 5. The third-order valence-corrected chi connectivity index (χ3v) is 6.21. The lowest BCUT2D eigenvalue weighted by atomic mass is 10.1. The lowest BCUT2D eigenvalue weighted by molar-refractivity contribution is -0.113. The number of carbonyl (C=O) groups is 1. The number of pyridine rings is 1. The van der Waals surface area contributed by atoms with Crippen LogP contribution in [0.25, 0.3) is 33.3 Å². The number of rotatable bonds is 6. The molecule has 0 unspecified atom stereocenters. The molecule has 1 amide bonds. The minimum absolute atomic E-state index is 0.143. The maximum atomic E-state index is 12.6. The molecule has 0 bridgehead atoms. The largest absolute Gasteiger partial charge is 0.341 e. The van der Waals surface area contributed by atoms with Gasteiger partial charge in [-0.3, -0.25) is 9.78 Å². The molecule has 0 radical (unpaired) electrons. The van der Waals surface area contributed by atoms with E-state index >= 15 is 0 Å². The van der Waals surface area contributed by atoms with Gasteiger partial charge in [0.25, 0.3) is 0 Å². The molecular formula is C23H21N7OS. The van der Waals surface area contributed by atoms with E-state index < -0.39 is 0 Å². The zero-order valence-corrected chi connectivity index (χ0v) is 18.2. The van der Waals surface area contributed by atoms with Crippen LogP contribution in [0, 0.1) is 0 Å². The third-order valence-electron chi connectivity index (χ3n) is 5.26. The Morgan fingerprint density at radius 3 is 2.66 bits per heavy atom. The zero-order valence-electron chi connectivity index (χ0n) is 17.4. The fourth-order valence-corrected chi connectivity index (χ4v) is 4.50. The minimum atomic E-state index is -0.143. The fourth-order valence-electron chi connectivity index (χ4n) is 3.84. The molecule has 0 aliphatic rings. The Balaban J connectivity index is 1.32. The van der Waals surface area contributed by atoms with E-state index in [0.29, 0.717) is 16.7 Å². The first-order valence-corrected chi connectivity index (χ1v) is 11.2. The highest BCUT2D eigenvalue weighted by Gasteiger charge is 2.15. The van der Waals surface area contributed by atoms with Gasteiger partial charge in [0.15, 0.2) is 0 Å². The summed E-state index contributed by atoms with van der Waals surface area (Å²) >= 11 is 1.22. The lowest BCUT2D eigenvalue weighted by Gasteiger charge is -2.07. The maximum absolute atomic E-state index is 12.6. The van der Waals surface area contributed by atoms with Crippen LogP contribution in [-0.4, -0.2) is 36.1 Å². The number of aromatic nitrogens is 5. The number of nitrogens with two attached hydrogens (primary N) is 1. The lowest BCUT2D eigenvalue weighted by Crippen LogP contribution is -2.16.